The summed E-state index contributed by atoms with van der Waals surface area (Å²) in [5.74, 6) is -4.22. The zero-order chi connectivity index (χ0) is 98.8. The average molecular weight is 1740 g/mol. The van der Waals surface area contributed by atoms with E-state index in [0.29, 0.717) is 62.6 Å². The summed E-state index contributed by atoms with van der Waals surface area (Å²) in [5.41, 5.74) is -1.65. The van der Waals surface area contributed by atoms with Crippen LogP contribution in [0.5, 0.6) is 0 Å². The molecule has 0 aromatic rings. The van der Waals surface area contributed by atoms with Gasteiger partial charge in [-0.3, -0.25) is 0 Å². The minimum atomic E-state index is -4.13. The molecule has 1 saturated carbocycles. The average Bonchev–Trinajstić information content (AvgIpc) is 0.797. The molecule has 0 aliphatic heterocycles. The van der Waals surface area contributed by atoms with Crippen LogP contribution in [0, 0.1) is 165 Å². The van der Waals surface area contributed by atoms with Crippen molar-refractivity contribution in [2.24, 2.45) is 165 Å². The van der Waals surface area contributed by atoms with Gasteiger partial charge in [0.25, 0.3) is 0 Å². The minimum absolute atomic E-state index is 0.0362. The van der Waals surface area contributed by atoms with Gasteiger partial charge in [-0.05, 0) is 138 Å². The number of halogens is 21. The summed E-state index contributed by atoms with van der Waals surface area (Å²) in [4.78, 5) is 0. The maximum atomic E-state index is 12.6. The maximum Gasteiger partial charge on any atom is 0.394 e. The first-order valence-corrected chi connectivity index (χ1v) is 43.2. The van der Waals surface area contributed by atoms with Gasteiger partial charge >= 0.3 is 43.2 Å². The molecule has 0 aromatic carbocycles. The topological polar surface area (TPSA) is 0 Å². The molecule has 11 atom stereocenters. The number of alkyl halides is 21. The van der Waals surface area contributed by atoms with Gasteiger partial charge in [-0.2, -0.15) is 92.2 Å². The van der Waals surface area contributed by atoms with Gasteiger partial charge in [0.1, 0.15) is 0 Å². The quantitative estimate of drug-likeness (QED) is 0.181. The van der Waals surface area contributed by atoms with E-state index in [2.05, 4.69) is 187 Å². The Balaban J connectivity index is -0.000000135. The van der Waals surface area contributed by atoms with Crippen LogP contribution in [0.15, 0.2) is 0 Å². The zero-order valence-electron chi connectivity index (χ0n) is 85.7. The van der Waals surface area contributed by atoms with Crippen LogP contribution in [0.2, 0.25) is 0 Å². The molecule has 0 heterocycles. The van der Waals surface area contributed by atoms with Crippen molar-refractivity contribution >= 4 is 0 Å². The molecule has 1 fully saturated rings. The second-order valence-corrected chi connectivity index (χ2v) is 47.2. The first kappa shape index (κ1) is 136. The monoisotopic (exact) mass is 1740 g/mol. The van der Waals surface area contributed by atoms with Crippen LogP contribution in [0.1, 0.15) is 413 Å². The maximum absolute atomic E-state index is 12.6. The molecule has 0 saturated heterocycles. The summed E-state index contributed by atoms with van der Waals surface area (Å²) in [5, 5.41) is 0. The number of rotatable bonds is 11. The Bertz CT molecular complexity index is 2350. The summed E-state index contributed by atoms with van der Waals surface area (Å²) in [6.45, 7) is 107. The number of hydrogen-bond donors (Lipinski definition) is 0. The van der Waals surface area contributed by atoms with Crippen molar-refractivity contribution in [3.8, 4) is 0 Å². The third-order valence-electron chi connectivity index (χ3n) is 29.7. The summed E-state index contributed by atoms with van der Waals surface area (Å²) >= 11 is 0. The Kier molecular flexibility index (Phi) is 58.4. The van der Waals surface area contributed by atoms with Gasteiger partial charge in [0.05, 0.1) is 40.4 Å². The van der Waals surface area contributed by atoms with Gasteiger partial charge < -0.3 is 0 Å². The van der Waals surface area contributed by atoms with Crippen molar-refractivity contribution in [2.75, 3.05) is 0 Å². The van der Waals surface area contributed by atoms with Gasteiger partial charge in [-0.15, -0.1) is 0 Å². The molecule has 722 valence electrons. The molecule has 1 aliphatic rings. The van der Waals surface area contributed by atoms with E-state index in [1.165, 1.54) is 55.4 Å². The lowest BCUT2D eigenvalue weighted by molar-refractivity contribution is -0.243. The first-order valence-electron chi connectivity index (χ1n) is 43.2. The fourth-order valence-corrected chi connectivity index (χ4v) is 9.82. The van der Waals surface area contributed by atoms with Crippen LogP contribution in [0.25, 0.3) is 0 Å². The second-order valence-electron chi connectivity index (χ2n) is 47.2. The van der Waals surface area contributed by atoms with Crippen molar-refractivity contribution in [3.05, 3.63) is 0 Å². The lowest BCUT2D eigenvalue weighted by Gasteiger charge is -2.49. The van der Waals surface area contributed by atoms with Crippen molar-refractivity contribution in [1.29, 1.82) is 0 Å². The molecule has 0 spiro atoms. The van der Waals surface area contributed by atoms with Gasteiger partial charge in [-0.25, -0.2) is 0 Å². The molecule has 1 aliphatic carbocycles. The third-order valence-corrected chi connectivity index (χ3v) is 29.7. The van der Waals surface area contributed by atoms with Crippen LogP contribution in [-0.4, -0.2) is 43.2 Å². The van der Waals surface area contributed by atoms with E-state index in [4.69, 9.17) is 0 Å². The van der Waals surface area contributed by atoms with E-state index in [-0.39, 0.29) is 46.8 Å². The Morgan fingerprint density at radius 1 is 0.274 bits per heavy atom. The SMILES string of the molecule is CC(C)(C)C(C)(C)C.CC(C)(C)C(C)(C)C(C)(C)C.CC(C)(C)C(C)(C)C(F)(F)F.CC(C)C(C)(C)C(C)(C)C.CC(C)C(C)(C)C(C)C(F)(F)F.CC(C)[C@@H](C)C(C)(C)C.CC(C)[C@@H](C)C(C)C(F)(F)F.CC(C)[C@@H](C)C(C)C(F)(F)F.CCC(C)[C@@H](C)C(F)(F)F.C[C@@H]1CCCC(C(F)(F)F)C1.C[C@H](C(C)(C)C)C(C)(C)C(F)(F)F. The highest BCUT2D eigenvalue weighted by molar-refractivity contribution is 4.93. The highest BCUT2D eigenvalue weighted by Gasteiger charge is 2.56. The fraction of sp³-hybridized carbons (Fsp3) is 1.00. The van der Waals surface area contributed by atoms with Crippen LogP contribution < -0.4 is 0 Å². The van der Waals surface area contributed by atoms with Gasteiger partial charge in [0.2, 0.25) is 0 Å². The van der Waals surface area contributed by atoms with E-state index in [1.54, 1.807) is 69.2 Å². The zero-order valence-corrected chi connectivity index (χ0v) is 85.7. The molecule has 5 unspecified atom stereocenters. The van der Waals surface area contributed by atoms with Crippen molar-refractivity contribution in [2.45, 2.75) is 456 Å². The van der Waals surface area contributed by atoms with Crippen molar-refractivity contribution < 1.29 is 92.2 Å². The Labute approximate surface area is 710 Å². The van der Waals surface area contributed by atoms with Crippen molar-refractivity contribution in [3.63, 3.8) is 0 Å². The van der Waals surface area contributed by atoms with Crippen LogP contribution in [0.3, 0.4) is 0 Å². The molecule has 0 radical (unpaired) electrons. The van der Waals surface area contributed by atoms with E-state index in [9.17, 15) is 92.2 Å². The second kappa shape index (κ2) is 50.2. The van der Waals surface area contributed by atoms with E-state index < -0.39 is 100 Å². The third kappa shape index (κ3) is 54.2. The fourth-order valence-electron chi connectivity index (χ4n) is 9.82. The Morgan fingerprint density at radius 3 is 0.624 bits per heavy atom. The molecule has 0 nitrogen and oxygen atoms in total. The van der Waals surface area contributed by atoms with Gasteiger partial charge in [0.15, 0.2) is 0 Å². The Morgan fingerprint density at radius 2 is 0.556 bits per heavy atom. The normalized spacial score (nSPS) is 18.2. The minimum Gasteiger partial charge on any atom is -0.171 e. The molecular weight excluding hydrogens is 1550 g/mol. The molecule has 0 aromatic heterocycles. The molecule has 0 N–H and O–H groups in total. The molecule has 21 heteroatoms. The van der Waals surface area contributed by atoms with E-state index in [0.717, 1.165) is 30.6 Å². The molecule has 0 amide bonds. The van der Waals surface area contributed by atoms with Crippen LogP contribution in [-0.2, 0) is 0 Å². The highest BCUT2D eigenvalue weighted by atomic mass is 19.4. The molecule has 117 heavy (non-hydrogen) atoms. The first-order chi connectivity index (χ1) is 49.7. The Hall–Kier alpha value is -1.47. The van der Waals surface area contributed by atoms with Crippen molar-refractivity contribution in [1.82, 2.24) is 0 Å². The summed E-state index contributed by atoms with van der Waals surface area (Å²) in [6.07, 6.45) is -25.4. The van der Waals surface area contributed by atoms with E-state index in [1.807, 2.05) is 69.2 Å². The largest absolute Gasteiger partial charge is 0.394 e. The predicted octanol–water partition coefficient (Wildman–Crippen LogP) is 39.5. The van der Waals surface area contributed by atoms with E-state index >= 15 is 0 Å². The number of hydrogen-bond acceptors (Lipinski definition) is 0. The van der Waals surface area contributed by atoms with Crippen LogP contribution in [0.4, 0.5) is 92.2 Å². The van der Waals surface area contributed by atoms with Gasteiger partial charge in [-0.1, -0.05) is 400 Å². The molecule has 1 rings (SSSR count). The van der Waals surface area contributed by atoms with Gasteiger partial charge in [0, 0.05) is 0 Å². The van der Waals surface area contributed by atoms with Crippen LogP contribution >= 0.6 is 0 Å². The smallest absolute Gasteiger partial charge is 0.171 e. The summed E-state index contributed by atoms with van der Waals surface area (Å²) in [7, 11) is 0. The summed E-state index contributed by atoms with van der Waals surface area (Å²) < 4.78 is 256. The lowest BCUT2D eigenvalue weighted by atomic mass is 9.56. The highest BCUT2D eigenvalue weighted by Crippen LogP contribution is 2.54. The predicted molar refractivity (Wildman–Crippen MR) is 465 cm³/mol. The standard InChI is InChI=1S/C11H24.C10H19F3.C10H22.C9H17F3.C9H20.C8H13F3.3C8H15F3.C8H18.C7H13F3/c1-9(2,3)11(7,8)10(4,5)6;1-7(8(2,3)4)9(5,6)10(11,12)13;1-8(2)10(6,7)9(3,4)5;1-6(2)8(4,5)7(3)9(10,11)12;1-7(2)8(3)9(4,5)6;1-6-3-2-4-7(5-6)8(9,10)11;1-6(2,3)7(4,5)8(9,10)11;2*1-5(2)6(3)7(4)8(9,10)11;1-7(2,3)8(4,5)6;1-4-5(2)6(3)7(8,9)10/h1-8H3;7H,1-6H3;8H,1-7H3;6-7H,1-5H3;7-8H,1-6H3;6-7H,2-5H2,1H3;1-5H3;2*5-7H,1-4H3;1-6H3;5-6H,4H2,1-3H3/t;7-;;;8-;6-,7?;;2*6-,7?;;5?,6-/m.1..11.11.1/s1. The molecular formula is C96H191F21. The summed E-state index contributed by atoms with van der Waals surface area (Å²) in [6, 6.07) is 0. The molecule has 0 bridgehead atoms. The lowest BCUT2D eigenvalue weighted by Crippen LogP contribution is -2.43.